The number of nitrogens with zero attached hydrogens (tertiary/aromatic N) is 2. The first-order valence-corrected chi connectivity index (χ1v) is 6.09. The van der Waals surface area contributed by atoms with Crippen molar-refractivity contribution < 1.29 is 14.9 Å². The molecule has 0 amide bonds. The second-order valence-electron chi connectivity index (χ2n) is 3.98. The minimum absolute atomic E-state index is 0.0387. The van der Waals surface area contributed by atoms with Crippen molar-refractivity contribution >= 4 is 23.1 Å². The topological polar surface area (TPSA) is 111 Å². The van der Waals surface area contributed by atoms with Crippen molar-refractivity contribution in [2.24, 2.45) is 10.9 Å². The second kappa shape index (κ2) is 6.10. The maximum absolute atomic E-state index is 11.1. The van der Waals surface area contributed by atoms with Crippen LogP contribution in [0, 0.1) is 10.1 Å². The third-order valence-electron chi connectivity index (χ3n) is 2.60. The van der Waals surface area contributed by atoms with E-state index in [2.05, 4.69) is 5.16 Å². The normalized spacial score (nSPS) is 11.2. The minimum atomic E-state index is -0.612. The van der Waals surface area contributed by atoms with E-state index in [0.29, 0.717) is 10.8 Å². The van der Waals surface area contributed by atoms with Crippen LogP contribution < -0.4 is 10.5 Å². The molecule has 0 heterocycles. The number of nitrogens with two attached hydrogens (primary N) is 1. The molecule has 0 atom stereocenters. The van der Waals surface area contributed by atoms with Gasteiger partial charge in [0.25, 0.3) is 0 Å². The molecule has 0 saturated carbocycles. The third-order valence-corrected chi connectivity index (χ3v) is 2.85. The molecule has 0 aromatic heterocycles. The highest BCUT2D eigenvalue weighted by molar-refractivity contribution is 6.30. The van der Waals surface area contributed by atoms with Crippen molar-refractivity contribution in [1.82, 2.24) is 0 Å². The summed E-state index contributed by atoms with van der Waals surface area (Å²) in [4.78, 5) is 10.5. The lowest BCUT2D eigenvalue weighted by molar-refractivity contribution is -0.385. The van der Waals surface area contributed by atoms with Crippen LogP contribution in [0.3, 0.4) is 0 Å². The first kappa shape index (κ1) is 14.6. The molecule has 8 heteroatoms. The van der Waals surface area contributed by atoms with Crippen LogP contribution in [0.1, 0.15) is 5.56 Å². The fraction of sp³-hybridized carbons (Fsp3) is 0. The molecule has 0 unspecified atom stereocenters. The third kappa shape index (κ3) is 3.40. The molecule has 108 valence electrons. The Bertz CT molecular complexity index is 701. The summed E-state index contributed by atoms with van der Waals surface area (Å²) >= 11 is 5.75. The largest absolute Gasteiger partial charge is 0.450 e. The van der Waals surface area contributed by atoms with Crippen molar-refractivity contribution in [3.63, 3.8) is 0 Å². The van der Waals surface area contributed by atoms with Crippen LogP contribution in [-0.2, 0) is 0 Å². The zero-order valence-electron chi connectivity index (χ0n) is 10.6. The Hall–Kier alpha value is -2.80. The fourth-order valence-electron chi connectivity index (χ4n) is 1.59. The van der Waals surface area contributed by atoms with Gasteiger partial charge in [0.2, 0.25) is 5.75 Å². The van der Waals surface area contributed by atoms with Gasteiger partial charge in [0.15, 0.2) is 5.84 Å². The summed E-state index contributed by atoms with van der Waals surface area (Å²) in [6.45, 7) is 0. The number of hydrogen-bond donors (Lipinski definition) is 2. The van der Waals surface area contributed by atoms with Gasteiger partial charge in [0, 0.05) is 16.7 Å². The van der Waals surface area contributed by atoms with E-state index in [1.807, 2.05) is 0 Å². The highest BCUT2D eigenvalue weighted by Gasteiger charge is 2.18. The van der Waals surface area contributed by atoms with Crippen LogP contribution in [0.4, 0.5) is 5.69 Å². The van der Waals surface area contributed by atoms with E-state index >= 15 is 0 Å². The van der Waals surface area contributed by atoms with Gasteiger partial charge in [-0.15, -0.1) is 0 Å². The molecule has 0 saturated heterocycles. The molecular formula is C13H10ClN3O4. The van der Waals surface area contributed by atoms with E-state index in [4.69, 9.17) is 27.3 Å². The molecule has 7 nitrogen and oxygen atoms in total. The molecule has 0 aliphatic heterocycles. The highest BCUT2D eigenvalue weighted by Crippen LogP contribution is 2.32. The molecule has 0 aliphatic rings. The summed E-state index contributed by atoms with van der Waals surface area (Å²) < 4.78 is 5.45. The number of oxime groups is 1. The van der Waals surface area contributed by atoms with E-state index in [-0.39, 0.29) is 22.8 Å². The minimum Gasteiger partial charge on any atom is -0.450 e. The fourth-order valence-corrected chi connectivity index (χ4v) is 1.72. The monoisotopic (exact) mass is 307 g/mol. The molecule has 2 aromatic carbocycles. The van der Waals surface area contributed by atoms with E-state index in [9.17, 15) is 10.1 Å². The van der Waals surface area contributed by atoms with Crippen LogP contribution in [0.2, 0.25) is 5.02 Å². The lowest BCUT2D eigenvalue weighted by Gasteiger charge is -2.07. The van der Waals surface area contributed by atoms with E-state index < -0.39 is 4.92 Å². The van der Waals surface area contributed by atoms with Gasteiger partial charge in [-0.1, -0.05) is 16.8 Å². The van der Waals surface area contributed by atoms with Crippen LogP contribution in [0.5, 0.6) is 11.5 Å². The second-order valence-corrected chi connectivity index (χ2v) is 4.42. The maximum atomic E-state index is 11.1. The zero-order chi connectivity index (χ0) is 15.4. The number of benzene rings is 2. The van der Waals surface area contributed by atoms with Gasteiger partial charge in [-0.2, -0.15) is 0 Å². The number of nitro groups is 1. The van der Waals surface area contributed by atoms with Gasteiger partial charge in [-0.05, 0) is 36.4 Å². The van der Waals surface area contributed by atoms with Crippen molar-refractivity contribution in [2.75, 3.05) is 0 Å². The number of hydrogen-bond acceptors (Lipinski definition) is 5. The Morgan fingerprint density at radius 3 is 2.52 bits per heavy atom. The highest BCUT2D eigenvalue weighted by atomic mass is 35.5. The number of nitro benzene ring substituents is 1. The van der Waals surface area contributed by atoms with E-state index in [0.717, 1.165) is 0 Å². The van der Waals surface area contributed by atoms with Crippen LogP contribution in [0.15, 0.2) is 47.6 Å². The summed E-state index contributed by atoms with van der Waals surface area (Å²) in [7, 11) is 0. The molecule has 0 spiro atoms. The zero-order valence-corrected chi connectivity index (χ0v) is 11.3. The first-order chi connectivity index (χ1) is 10.0. The molecule has 0 radical (unpaired) electrons. The van der Waals surface area contributed by atoms with Crippen molar-refractivity contribution in [2.45, 2.75) is 0 Å². The van der Waals surface area contributed by atoms with Crippen LogP contribution >= 0.6 is 11.6 Å². The standard InChI is InChI=1S/C13H10ClN3O4/c14-9-2-4-10(5-3-9)21-12-6-1-8(13(15)16-18)7-11(12)17(19)20/h1-7,18H,(H2,15,16). The Kier molecular flexibility index (Phi) is 4.24. The predicted molar refractivity (Wildman–Crippen MR) is 77.1 cm³/mol. The summed E-state index contributed by atoms with van der Waals surface area (Å²) in [6.07, 6.45) is 0. The van der Waals surface area contributed by atoms with Crippen molar-refractivity contribution in [3.05, 3.63) is 63.2 Å². The molecule has 2 aromatic rings. The molecule has 0 aliphatic carbocycles. The molecular weight excluding hydrogens is 298 g/mol. The molecule has 2 rings (SSSR count). The average molecular weight is 308 g/mol. The smallest absolute Gasteiger partial charge is 0.312 e. The van der Waals surface area contributed by atoms with Crippen LogP contribution in [0.25, 0.3) is 0 Å². The molecule has 3 N–H and O–H groups in total. The van der Waals surface area contributed by atoms with Crippen LogP contribution in [-0.4, -0.2) is 16.0 Å². The number of ether oxygens (including phenoxy) is 1. The lowest BCUT2D eigenvalue weighted by Crippen LogP contribution is -2.13. The number of amidine groups is 1. The lowest BCUT2D eigenvalue weighted by atomic mass is 10.1. The summed E-state index contributed by atoms with van der Waals surface area (Å²) in [6, 6.07) is 10.4. The predicted octanol–water partition coefficient (Wildman–Crippen LogP) is 3.14. The first-order valence-electron chi connectivity index (χ1n) is 5.71. The van der Waals surface area contributed by atoms with Gasteiger partial charge >= 0.3 is 5.69 Å². The average Bonchev–Trinajstić information content (AvgIpc) is 2.49. The number of rotatable bonds is 4. The molecule has 21 heavy (non-hydrogen) atoms. The Morgan fingerprint density at radius 2 is 1.95 bits per heavy atom. The van der Waals surface area contributed by atoms with E-state index in [1.54, 1.807) is 24.3 Å². The van der Waals surface area contributed by atoms with Gasteiger partial charge in [-0.25, -0.2) is 0 Å². The van der Waals surface area contributed by atoms with Crippen molar-refractivity contribution in [3.8, 4) is 11.5 Å². The van der Waals surface area contributed by atoms with Gasteiger partial charge < -0.3 is 15.7 Å². The van der Waals surface area contributed by atoms with Gasteiger partial charge in [-0.3, -0.25) is 10.1 Å². The Morgan fingerprint density at radius 1 is 1.29 bits per heavy atom. The number of halogens is 1. The quantitative estimate of drug-likeness (QED) is 0.296. The van der Waals surface area contributed by atoms with Crippen molar-refractivity contribution in [1.29, 1.82) is 0 Å². The molecule has 0 fully saturated rings. The van der Waals surface area contributed by atoms with Gasteiger partial charge in [0.05, 0.1) is 4.92 Å². The van der Waals surface area contributed by atoms with Gasteiger partial charge in [0.1, 0.15) is 5.75 Å². The summed E-state index contributed by atoms with van der Waals surface area (Å²) in [5, 5.41) is 23.0. The summed E-state index contributed by atoms with van der Waals surface area (Å²) in [5.41, 5.74) is 5.32. The summed E-state index contributed by atoms with van der Waals surface area (Å²) in [5.74, 6) is 0.215. The Balaban J connectivity index is 2.39. The Labute approximate surface area is 124 Å². The maximum Gasteiger partial charge on any atom is 0.312 e. The molecule has 0 bridgehead atoms. The van der Waals surface area contributed by atoms with E-state index in [1.165, 1.54) is 18.2 Å². The SMILES string of the molecule is NC(=NO)c1ccc(Oc2ccc(Cl)cc2)c([N+](=O)[O-])c1.